The molecule has 0 aromatic heterocycles. The van der Waals surface area contributed by atoms with E-state index in [2.05, 4.69) is 4.90 Å². The summed E-state index contributed by atoms with van der Waals surface area (Å²) in [6.45, 7) is 7.49. The highest BCUT2D eigenvalue weighted by molar-refractivity contribution is 4.91. The molecule has 0 aromatic carbocycles. The molecule has 6 heteroatoms. The lowest BCUT2D eigenvalue weighted by Gasteiger charge is -2.48. The van der Waals surface area contributed by atoms with Crippen LogP contribution < -0.4 is 0 Å². The van der Waals surface area contributed by atoms with Crippen molar-refractivity contribution >= 4 is 0 Å². The average molecular weight is 280 g/mol. The van der Waals surface area contributed by atoms with E-state index in [1.807, 2.05) is 13.8 Å². The Morgan fingerprint density at radius 1 is 1.26 bits per heavy atom. The van der Waals surface area contributed by atoms with Gasteiger partial charge in [-0.1, -0.05) is 0 Å². The quantitative estimate of drug-likeness (QED) is 0.786. The molecule has 2 rings (SSSR count). The zero-order valence-corrected chi connectivity index (χ0v) is 11.7. The number of ether oxygens (including phenoxy) is 1. The molecule has 3 nitrogen and oxygen atoms in total. The molecule has 0 radical (unpaired) electrons. The predicted octanol–water partition coefficient (Wildman–Crippen LogP) is 1.98. The molecule has 0 N–H and O–H groups in total. The predicted molar refractivity (Wildman–Crippen MR) is 67.1 cm³/mol. The lowest BCUT2D eigenvalue weighted by atomic mass is 9.96. The van der Waals surface area contributed by atoms with Crippen LogP contribution in [0.4, 0.5) is 13.2 Å². The summed E-state index contributed by atoms with van der Waals surface area (Å²) in [6.07, 6.45) is -3.03. The fraction of sp³-hybridized carbons (Fsp3) is 1.00. The van der Waals surface area contributed by atoms with Crippen molar-refractivity contribution in [2.45, 2.75) is 32.0 Å². The minimum Gasteiger partial charge on any atom is -0.381 e. The van der Waals surface area contributed by atoms with Crippen LogP contribution in [-0.2, 0) is 4.74 Å². The molecule has 0 amide bonds. The Kier molecular flexibility index (Phi) is 4.42. The largest absolute Gasteiger partial charge is 0.401 e. The van der Waals surface area contributed by atoms with E-state index in [-0.39, 0.29) is 5.54 Å². The van der Waals surface area contributed by atoms with Crippen LogP contribution in [0.1, 0.15) is 20.3 Å². The van der Waals surface area contributed by atoms with Gasteiger partial charge in [0.25, 0.3) is 0 Å². The van der Waals surface area contributed by atoms with E-state index in [4.69, 9.17) is 4.74 Å². The minimum atomic E-state index is -4.10. The highest BCUT2D eigenvalue weighted by Crippen LogP contribution is 2.26. The van der Waals surface area contributed by atoms with Gasteiger partial charge in [-0.05, 0) is 26.2 Å². The second-order valence-corrected chi connectivity index (χ2v) is 6.31. The second kappa shape index (κ2) is 5.58. The van der Waals surface area contributed by atoms with Crippen LogP contribution in [0.2, 0.25) is 0 Å². The summed E-state index contributed by atoms with van der Waals surface area (Å²) in [6, 6.07) is 0. The van der Waals surface area contributed by atoms with Crippen molar-refractivity contribution in [2.24, 2.45) is 5.92 Å². The third-order valence-electron chi connectivity index (χ3n) is 4.06. The molecular formula is C13H23F3N2O. The second-order valence-electron chi connectivity index (χ2n) is 6.31. The Labute approximate surface area is 112 Å². The Balaban J connectivity index is 1.88. The molecule has 1 atom stereocenters. The molecule has 2 aliphatic rings. The van der Waals surface area contributed by atoms with Gasteiger partial charge in [0.1, 0.15) is 0 Å². The van der Waals surface area contributed by atoms with Crippen molar-refractivity contribution in [3.63, 3.8) is 0 Å². The normalized spacial score (nSPS) is 29.8. The van der Waals surface area contributed by atoms with Gasteiger partial charge in [-0.2, -0.15) is 13.2 Å². The maximum absolute atomic E-state index is 12.4. The standard InChI is InChI=1S/C13H23F3N2O/c1-12(2)9-17(10-13(14,15)16)4-5-18(12)7-11-3-6-19-8-11/h11H,3-10H2,1-2H3/t11-/m1/s1. The first-order valence-electron chi connectivity index (χ1n) is 6.88. The van der Waals surface area contributed by atoms with Crippen molar-refractivity contribution in [3.05, 3.63) is 0 Å². The molecule has 0 aromatic rings. The van der Waals surface area contributed by atoms with Crippen LogP contribution in [0, 0.1) is 5.92 Å². The van der Waals surface area contributed by atoms with Gasteiger partial charge < -0.3 is 4.74 Å². The summed E-state index contributed by atoms with van der Waals surface area (Å²) in [5.41, 5.74) is -0.202. The third kappa shape index (κ3) is 4.33. The molecular weight excluding hydrogens is 257 g/mol. The summed E-state index contributed by atoms with van der Waals surface area (Å²) >= 11 is 0. The Bertz CT molecular complexity index is 301. The van der Waals surface area contributed by atoms with Crippen molar-refractivity contribution in [1.29, 1.82) is 0 Å². The summed E-state index contributed by atoms with van der Waals surface area (Å²) in [7, 11) is 0. The van der Waals surface area contributed by atoms with Gasteiger partial charge in [-0.15, -0.1) is 0 Å². The zero-order valence-electron chi connectivity index (χ0n) is 11.7. The molecule has 2 fully saturated rings. The smallest absolute Gasteiger partial charge is 0.381 e. The molecule has 2 saturated heterocycles. The van der Waals surface area contributed by atoms with Crippen molar-refractivity contribution in [2.75, 3.05) is 45.9 Å². The molecule has 0 bridgehead atoms. The van der Waals surface area contributed by atoms with Crippen molar-refractivity contribution in [1.82, 2.24) is 9.80 Å². The number of piperazine rings is 1. The number of hydrogen-bond donors (Lipinski definition) is 0. The molecule has 0 aliphatic carbocycles. The first-order valence-corrected chi connectivity index (χ1v) is 6.88. The number of rotatable bonds is 3. The minimum absolute atomic E-state index is 0.202. The number of nitrogens with zero attached hydrogens (tertiary/aromatic N) is 2. The van der Waals surface area contributed by atoms with Crippen LogP contribution in [0.3, 0.4) is 0 Å². The molecule has 19 heavy (non-hydrogen) atoms. The van der Waals surface area contributed by atoms with E-state index in [0.717, 1.165) is 26.2 Å². The maximum atomic E-state index is 12.4. The lowest BCUT2D eigenvalue weighted by Crippen LogP contribution is -2.61. The van der Waals surface area contributed by atoms with Gasteiger partial charge >= 0.3 is 6.18 Å². The highest BCUT2D eigenvalue weighted by atomic mass is 19.4. The van der Waals surface area contributed by atoms with Crippen LogP contribution in [0.25, 0.3) is 0 Å². The Hall–Kier alpha value is -0.330. The van der Waals surface area contributed by atoms with Crippen LogP contribution in [-0.4, -0.2) is 67.5 Å². The SMILES string of the molecule is CC1(C)CN(CC(F)(F)F)CCN1C[C@H]1CCOC1. The van der Waals surface area contributed by atoms with Crippen molar-refractivity contribution < 1.29 is 17.9 Å². The fourth-order valence-corrected chi connectivity index (χ4v) is 3.06. The van der Waals surface area contributed by atoms with Gasteiger partial charge in [0.2, 0.25) is 0 Å². The van der Waals surface area contributed by atoms with Gasteiger partial charge in [0.15, 0.2) is 0 Å². The first-order chi connectivity index (χ1) is 8.76. The number of hydrogen-bond acceptors (Lipinski definition) is 3. The third-order valence-corrected chi connectivity index (χ3v) is 4.06. The van der Waals surface area contributed by atoms with E-state index < -0.39 is 12.7 Å². The summed E-state index contributed by atoms with van der Waals surface area (Å²) in [5.74, 6) is 0.536. The van der Waals surface area contributed by atoms with Gasteiger partial charge in [0.05, 0.1) is 13.2 Å². The number of halogens is 3. The van der Waals surface area contributed by atoms with Gasteiger partial charge in [-0.25, -0.2) is 0 Å². The van der Waals surface area contributed by atoms with E-state index in [1.54, 1.807) is 0 Å². The average Bonchev–Trinajstić information content (AvgIpc) is 2.71. The van der Waals surface area contributed by atoms with Gasteiger partial charge in [0, 0.05) is 38.3 Å². The van der Waals surface area contributed by atoms with E-state index >= 15 is 0 Å². The van der Waals surface area contributed by atoms with Crippen LogP contribution in [0.5, 0.6) is 0 Å². The number of alkyl halides is 3. The zero-order chi connectivity index (χ0) is 14.1. The van der Waals surface area contributed by atoms with E-state index in [0.29, 0.717) is 25.6 Å². The Morgan fingerprint density at radius 3 is 2.53 bits per heavy atom. The lowest BCUT2D eigenvalue weighted by molar-refractivity contribution is -0.155. The Morgan fingerprint density at radius 2 is 2.00 bits per heavy atom. The van der Waals surface area contributed by atoms with Crippen LogP contribution >= 0.6 is 0 Å². The molecule has 0 unspecified atom stereocenters. The van der Waals surface area contributed by atoms with E-state index in [1.165, 1.54) is 4.90 Å². The summed E-state index contributed by atoms with van der Waals surface area (Å²) in [4.78, 5) is 3.83. The first kappa shape index (κ1) is 15.1. The monoisotopic (exact) mass is 280 g/mol. The maximum Gasteiger partial charge on any atom is 0.401 e. The molecule has 112 valence electrons. The molecule has 0 spiro atoms. The highest BCUT2D eigenvalue weighted by Gasteiger charge is 2.39. The van der Waals surface area contributed by atoms with Gasteiger partial charge in [-0.3, -0.25) is 9.80 Å². The summed E-state index contributed by atoms with van der Waals surface area (Å²) in [5, 5.41) is 0. The topological polar surface area (TPSA) is 15.7 Å². The van der Waals surface area contributed by atoms with Crippen LogP contribution in [0.15, 0.2) is 0 Å². The molecule has 2 heterocycles. The van der Waals surface area contributed by atoms with E-state index in [9.17, 15) is 13.2 Å². The fourth-order valence-electron chi connectivity index (χ4n) is 3.06. The summed E-state index contributed by atoms with van der Waals surface area (Å²) < 4.78 is 42.7. The molecule has 2 aliphatic heterocycles. The van der Waals surface area contributed by atoms with Crippen molar-refractivity contribution in [3.8, 4) is 0 Å². The molecule has 0 saturated carbocycles.